The minimum absolute atomic E-state index is 0. The lowest BCUT2D eigenvalue weighted by atomic mass is 10.0. The Morgan fingerprint density at radius 1 is 1.31 bits per heavy atom. The smallest absolute Gasteiger partial charge is 0.191 e. The largest absolute Gasteiger partial charge is 0.463 e. The van der Waals surface area contributed by atoms with Gasteiger partial charge in [-0.3, -0.25) is 0 Å². The van der Waals surface area contributed by atoms with Crippen molar-refractivity contribution >= 4 is 45.9 Å². The molecule has 0 fully saturated rings. The van der Waals surface area contributed by atoms with Crippen LogP contribution in [0.1, 0.15) is 30.9 Å². The van der Waals surface area contributed by atoms with Crippen molar-refractivity contribution in [3.63, 3.8) is 0 Å². The Balaban J connectivity index is 0.00000338. The molecular formula is C18H24BrFIN3O2. The molecule has 2 rings (SSSR count). The molecule has 3 N–H and O–H groups in total. The predicted octanol–water partition coefficient (Wildman–Crippen LogP) is 4.07. The number of halogens is 3. The topological polar surface area (TPSA) is 69.8 Å². The Kier molecular flexibility index (Phi) is 9.05. The number of furan rings is 1. The van der Waals surface area contributed by atoms with Crippen LogP contribution in [0.5, 0.6) is 0 Å². The van der Waals surface area contributed by atoms with Gasteiger partial charge in [0, 0.05) is 11.0 Å². The third-order valence-corrected chi connectivity index (χ3v) is 4.02. The number of guanidine groups is 1. The Morgan fingerprint density at radius 3 is 2.62 bits per heavy atom. The maximum absolute atomic E-state index is 13.4. The van der Waals surface area contributed by atoms with E-state index in [1.54, 1.807) is 13.0 Å². The molecule has 144 valence electrons. The van der Waals surface area contributed by atoms with Crippen molar-refractivity contribution < 1.29 is 13.9 Å². The molecule has 5 nitrogen and oxygen atoms in total. The Bertz CT molecular complexity index is 730. The van der Waals surface area contributed by atoms with Gasteiger partial charge in [0.2, 0.25) is 0 Å². The molecule has 0 spiro atoms. The third-order valence-electron chi connectivity index (χ3n) is 3.56. The molecule has 1 heterocycles. The van der Waals surface area contributed by atoms with Crippen molar-refractivity contribution in [1.29, 1.82) is 0 Å². The van der Waals surface area contributed by atoms with E-state index in [4.69, 9.17) is 4.42 Å². The number of hydrogen-bond acceptors (Lipinski definition) is 3. The molecule has 0 saturated carbocycles. The number of rotatable bonds is 6. The number of aryl methyl sites for hydroxylation is 1. The van der Waals surface area contributed by atoms with Crippen LogP contribution in [0.3, 0.4) is 0 Å². The van der Waals surface area contributed by atoms with Gasteiger partial charge in [0.15, 0.2) is 5.96 Å². The highest BCUT2D eigenvalue weighted by Gasteiger charge is 2.27. The SMILES string of the molecule is CCNC(=NCc1cc(F)cc(Br)c1)NCC(C)(O)c1ccc(C)o1.I. The van der Waals surface area contributed by atoms with E-state index in [9.17, 15) is 9.50 Å². The highest BCUT2D eigenvalue weighted by molar-refractivity contribution is 14.0. The maximum atomic E-state index is 13.4. The molecule has 0 radical (unpaired) electrons. The third kappa shape index (κ3) is 6.88. The summed E-state index contributed by atoms with van der Waals surface area (Å²) in [4.78, 5) is 4.43. The fraction of sp³-hybridized carbons (Fsp3) is 0.389. The Labute approximate surface area is 178 Å². The molecule has 0 aliphatic rings. The average molecular weight is 540 g/mol. The van der Waals surface area contributed by atoms with E-state index in [0.717, 1.165) is 11.3 Å². The normalized spacial score (nSPS) is 13.7. The molecule has 26 heavy (non-hydrogen) atoms. The molecule has 0 bridgehead atoms. The first kappa shape index (κ1) is 22.9. The van der Waals surface area contributed by atoms with E-state index in [0.29, 0.717) is 29.3 Å². The summed E-state index contributed by atoms with van der Waals surface area (Å²) >= 11 is 3.27. The number of aliphatic hydroxyl groups is 1. The minimum Gasteiger partial charge on any atom is -0.463 e. The van der Waals surface area contributed by atoms with Crippen molar-refractivity contribution in [2.24, 2.45) is 4.99 Å². The average Bonchev–Trinajstić information content (AvgIpc) is 2.97. The van der Waals surface area contributed by atoms with Gasteiger partial charge in [-0.15, -0.1) is 24.0 Å². The van der Waals surface area contributed by atoms with Gasteiger partial charge in [-0.2, -0.15) is 0 Å². The standard InChI is InChI=1S/C18H23BrFN3O2.HI/c1-4-21-17(22-10-13-7-14(19)9-15(20)8-13)23-11-18(3,24)16-6-5-12(2)25-16;/h5-9,24H,4,10-11H2,1-3H3,(H2,21,22,23);1H. The first-order valence-electron chi connectivity index (χ1n) is 8.06. The second kappa shape index (κ2) is 10.3. The van der Waals surface area contributed by atoms with Crippen LogP contribution in [0.15, 0.2) is 44.2 Å². The molecule has 1 unspecified atom stereocenters. The number of nitrogens with zero attached hydrogens (tertiary/aromatic N) is 1. The van der Waals surface area contributed by atoms with Gasteiger partial charge in [0.25, 0.3) is 0 Å². The highest BCUT2D eigenvalue weighted by Crippen LogP contribution is 2.22. The van der Waals surface area contributed by atoms with Gasteiger partial charge in [0.1, 0.15) is 22.9 Å². The summed E-state index contributed by atoms with van der Waals surface area (Å²) in [5.74, 6) is 1.45. The first-order valence-corrected chi connectivity index (χ1v) is 8.86. The molecule has 0 aliphatic carbocycles. The van der Waals surface area contributed by atoms with Crippen molar-refractivity contribution in [3.8, 4) is 0 Å². The van der Waals surface area contributed by atoms with E-state index in [2.05, 4.69) is 31.6 Å². The summed E-state index contributed by atoms with van der Waals surface area (Å²) in [7, 11) is 0. The second-order valence-corrected chi connectivity index (χ2v) is 6.93. The zero-order valence-corrected chi connectivity index (χ0v) is 18.9. The Hall–Kier alpha value is -1.13. The molecule has 1 atom stereocenters. The van der Waals surface area contributed by atoms with Gasteiger partial charge >= 0.3 is 0 Å². The van der Waals surface area contributed by atoms with E-state index in [1.807, 2.05) is 26.0 Å². The second-order valence-electron chi connectivity index (χ2n) is 6.01. The summed E-state index contributed by atoms with van der Waals surface area (Å²) in [5, 5.41) is 16.8. The number of nitrogens with one attached hydrogen (secondary N) is 2. The highest BCUT2D eigenvalue weighted by atomic mass is 127. The molecule has 8 heteroatoms. The van der Waals surface area contributed by atoms with Crippen molar-refractivity contribution in [3.05, 3.63) is 57.7 Å². The summed E-state index contributed by atoms with van der Waals surface area (Å²) in [6.07, 6.45) is 0. The molecule has 1 aromatic heterocycles. The van der Waals surface area contributed by atoms with Gasteiger partial charge in [-0.05, 0) is 56.7 Å². The van der Waals surface area contributed by atoms with Crippen LogP contribution < -0.4 is 10.6 Å². The summed E-state index contributed by atoms with van der Waals surface area (Å²) in [6, 6.07) is 8.23. The van der Waals surface area contributed by atoms with Gasteiger partial charge in [0.05, 0.1) is 13.1 Å². The van der Waals surface area contributed by atoms with E-state index >= 15 is 0 Å². The van der Waals surface area contributed by atoms with Crippen molar-refractivity contribution in [2.75, 3.05) is 13.1 Å². The minimum atomic E-state index is -1.17. The van der Waals surface area contributed by atoms with E-state index in [-0.39, 0.29) is 36.3 Å². The predicted molar refractivity (Wildman–Crippen MR) is 115 cm³/mol. The molecule has 0 amide bonds. The molecular weight excluding hydrogens is 516 g/mol. The summed E-state index contributed by atoms with van der Waals surface area (Å²) in [5.41, 5.74) is -0.427. The fourth-order valence-corrected chi connectivity index (χ4v) is 2.79. The quantitative estimate of drug-likeness (QED) is 0.294. The maximum Gasteiger partial charge on any atom is 0.191 e. The van der Waals surface area contributed by atoms with Gasteiger partial charge in [-0.1, -0.05) is 15.9 Å². The van der Waals surface area contributed by atoms with Crippen LogP contribution in [0.25, 0.3) is 0 Å². The number of hydrogen-bond donors (Lipinski definition) is 3. The number of benzene rings is 1. The summed E-state index contributed by atoms with van der Waals surface area (Å²) in [6.45, 7) is 6.65. The molecule has 1 aromatic carbocycles. The van der Waals surface area contributed by atoms with Crippen LogP contribution in [-0.4, -0.2) is 24.2 Å². The monoisotopic (exact) mass is 539 g/mol. The Morgan fingerprint density at radius 2 is 2.04 bits per heavy atom. The van der Waals surface area contributed by atoms with E-state index < -0.39 is 5.60 Å². The van der Waals surface area contributed by atoms with E-state index in [1.165, 1.54) is 12.1 Å². The van der Waals surface area contributed by atoms with Crippen LogP contribution in [-0.2, 0) is 12.1 Å². The van der Waals surface area contributed by atoms with Crippen molar-refractivity contribution in [1.82, 2.24) is 10.6 Å². The van der Waals surface area contributed by atoms with Crippen LogP contribution >= 0.6 is 39.9 Å². The molecule has 2 aromatic rings. The zero-order chi connectivity index (χ0) is 18.4. The first-order chi connectivity index (χ1) is 11.8. The molecule has 0 saturated heterocycles. The van der Waals surface area contributed by atoms with Crippen LogP contribution in [0.2, 0.25) is 0 Å². The fourth-order valence-electron chi connectivity index (χ4n) is 2.28. The number of aliphatic imine (C=N–C) groups is 1. The van der Waals surface area contributed by atoms with Gasteiger partial charge in [-0.25, -0.2) is 9.38 Å². The summed E-state index contributed by atoms with van der Waals surface area (Å²) < 4.78 is 19.6. The lowest BCUT2D eigenvalue weighted by Gasteiger charge is -2.22. The molecule has 0 aliphatic heterocycles. The van der Waals surface area contributed by atoms with Gasteiger partial charge < -0.3 is 20.2 Å². The lowest BCUT2D eigenvalue weighted by molar-refractivity contribution is 0.0378. The van der Waals surface area contributed by atoms with Crippen molar-refractivity contribution in [2.45, 2.75) is 32.9 Å². The van der Waals surface area contributed by atoms with Crippen LogP contribution in [0, 0.1) is 12.7 Å². The zero-order valence-electron chi connectivity index (χ0n) is 15.0. The lowest BCUT2D eigenvalue weighted by Crippen LogP contribution is -2.44. The van der Waals surface area contributed by atoms with Crippen LogP contribution in [0.4, 0.5) is 4.39 Å².